The number of nitrogens with one attached hydrogen (secondary N) is 1. The number of nitrogens with zero attached hydrogens (tertiary/aromatic N) is 5. The fourth-order valence-corrected chi connectivity index (χ4v) is 3.75. The lowest BCUT2D eigenvalue weighted by Gasteiger charge is -2.23. The summed E-state index contributed by atoms with van der Waals surface area (Å²) in [5.41, 5.74) is 0. The van der Waals surface area contributed by atoms with Gasteiger partial charge in [-0.3, -0.25) is 0 Å². The molecule has 2 aliphatic rings. The van der Waals surface area contributed by atoms with Crippen molar-refractivity contribution in [2.45, 2.75) is 26.2 Å². The largest absolute Gasteiger partial charge is 0.353 e. The summed E-state index contributed by atoms with van der Waals surface area (Å²) < 4.78 is 0. The highest BCUT2D eigenvalue weighted by Crippen LogP contribution is 2.16. The second-order valence-corrected chi connectivity index (χ2v) is 7.05. The molecule has 2 amide bonds. The molecule has 1 N–H and O–H groups in total. The smallest absolute Gasteiger partial charge is 0.317 e. The van der Waals surface area contributed by atoms with Crippen LogP contribution in [0, 0.1) is 5.92 Å². The van der Waals surface area contributed by atoms with E-state index in [1.165, 1.54) is 25.9 Å². The van der Waals surface area contributed by atoms with Gasteiger partial charge in [0.05, 0.1) is 0 Å². The second-order valence-electron chi connectivity index (χ2n) is 7.05. The second kappa shape index (κ2) is 8.99. The first kappa shape index (κ1) is 17.9. The molecule has 138 valence electrons. The highest BCUT2D eigenvalue weighted by Gasteiger charge is 2.24. The SMILES string of the molecule is CCCN1CCC(CNC(=O)N2CCCN(c3cccnn3)CC2)C1. The average Bonchev–Trinajstić information content (AvgIpc) is 2.94. The van der Waals surface area contributed by atoms with Gasteiger partial charge < -0.3 is 20.0 Å². The molecular weight excluding hydrogens is 316 g/mol. The summed E-state index contributed by atoms with van der Waals surface area (Å²) in [5, 5.41) is 11.3. The predicted molar refractivity (Wildman–Crippen MR) is 98.7 cm³/mol. The molecule has 7 heteroatoms. The zero-order valence-corrected chi connectivity index (χ0v) is 15.2. The fraction of sp³-hybridized carbons (Fsp3) is 0.722. The summed E-state index contributed by atoms with van der Waals surface area (Å²) in [7, 11) is 0. The van der Waals surface area contributed by atoms with Crippen molar-refractivity contribution in [1.29, 1.82) is 0 Å². The number of anilines is 1. The van der Waals surface area contributed by atoms with Gasteiger partial charge >= 0.3 is 6.03 Å². The first-order valence-electron chi connectivity index (χ1n) is 9.54. The van der Waals surface area contributed by atoms with E-state index in [-0.39, 0.29) is 6.03 Å². The monoisotopic (exact) mass is 346 g/mol. The van der Waals surface area contributed by atoms with Crippen LogP contribution in [0.2, 0.25) is 0 Å². The molecule has 3 rings (SSSR count). The molecule has 2 aliphatic heterocycles. The van der Waals surface area contributed by atoms with Crippen molar-refractivity contribution < 1.29 is 4.79 Å². The van der Waals surface area contributed by atoms with E-state index in [9.17, 15) is 4.79 Å². The Balaban J connectivity index is 1.42. The molecule has 2 saturated heterocycles. The van der Waals surface area contributed by atoms with E-state index in [2.05, 4.69) is 32.2 Å². The molecular formula is C18H30N6O. The molecule has 0 aliphatic carbocycles. The molecule has 0 spiro atoms. The third kappa shape index (κ3) is 5.04. The van der Waals surface area contributed by atoms with E-state index < -0.39 is 0 Å². The lowest BCUT2D eigenvalue weighted by Crippen LogP contribution is -2.44. The van der Waals surface area contributed by atoms with Crippen LogP contribution in [0.25, 0.3) is 0 Å². The molecule has 0 saturated carbocycles. The molecule has 0 bridgehead atoms. The van der Waals surface area contributed by atoms with E-state index in [0.29, 0.717) is 5.92 Å². The number of amides is 2. The summed E-state index contributed by atoms with van der Waals surface area (Å²) in [6.07, 6.45) is 5.04. The van der Waals surface area contributed by atoms with E-state index >= 15 is 0 Å². The van der Waals surface area contributed by atoms with Crippen molar-refractivity contribution in [2.75, 3.05) is 57.3 Å². The van der Waals surface area contributed by atoms with Crippen molar-refractivity contribution in [3.05, 3.63) is 18.3 Å². The quantitative estimate of drug-likeness (QED) is 0.874. The lowest BCUT2D eigenvalue weighted by atomic mass is 10.1. The summed E-state index contributed by atoms with van der Waals surface area (Å²) in [4.78, 5) is 19.2. The summed E-state index contributed by atoms with van der Waals surface area (Å²) in [6.45, 7) is 9.73. The van der Waals surface area contributed by atoms with E-state index in [1.54, 1.807) is 6.20 Å². The van der Waals surface area contributed by atoms with Crippen LogP contribution >= 0.6 is 0 Å². The third-order valence-corrected chi connectivity index (χ3v) is 5.12. The van der Waals surface area contributed by atoms with Crippen LogP contribution in [-0.2, 0) is 0 Å². The molecule has 25 heavy (non-hydrogen) atoms. The number of hydrogen-bond acceptors (Lipinski definition) is 5. The number of aromatic nitrogens is 2. The topological polar surface area (TPSA) is 64.6 Å². The number of carbonyl (C=O) groups excluding carboxylic acids is 1. The molecule has 7 nitrogen and oxygen atoms in total. The summed E-state index contributed by atoms with van der Waals surface area (Å²) >= 11 is 0. The molecule has 1 aromatic heterocycles. The van der Waals surface area contributed by atoms with Crippen molar-refractivity contribution in [1.82, 2.24) is 25.3 Å². The maximum atomic E-state index is 12.5. The van der Waals surface area contributed by atoms with Gasteiger partial charge in [0.2, 0.25) is 0 Å². The average molecular weight is 346 g/mol. The molecule has 3 heterocycles. The van der Waals surface area contributed by atoms with Gasteiger partial charge in [-0.1, -0.05) is 6.92 Å². The molecule has 2 fully saturated rings. The molecule has 1 unspecified atom stereocenters. The number of likely N-dealkylation sites (tertiary alicyclic amines) is 1. The van der Waals surface area contributed by atoms with Gasteiger partial charge in [0.1, 0.15) is 0 Å². The Morgan fingerprint density at radius 3 is 3.00 bits per heavy atom. The maximum absolute atomic E-state index is 12.5. The van der Waals surface area contributed by atoms with Crippen LogP contribution in [-0.4, -0.2) is 78.4 Å². The third-order valence-electron chi connectivity index (χ3n) is 5.12. The standard InChI is InChI=1S/C18H30N6O/c1-2-8-22-11-6-16(15-22)14-19-18(25)24-10-4-9-23(12-13-24)17-5-3-7-20-21-17/h3,5,7,16H,2,4,6,8-15H2,1H3,(H,19,25). The van der Waals surface area contributed by atoms with Crippen LogP contribution in [0.4, 0.5) is 10.6 Å². The van der Waals surface area contributed by atoms with E-state index in [1.807, 2.05) is 17.0 Å². The first-order valence-corrected chi connectivity index (χ1v) is 9.54. The Morgan fingerprint density at radius 1 is 1.28 bits per heavy atom. The minimum atomic E-state index is 0.0786. The lowest BCUT2D eigenvalue weighted by molar-refractivity contribution is 0.199. The Labute approximate surface area is 150 Å². The van der Waals surface area contributed by atoms with Gasteiger partial charge in [-0.05, 0) is 50.4 Å². The Hall–Kier alpha value is -1.89. The van der Waals surface area contributed by atoms with Gasteiger partial charge in [0.25, 0.3) is 0 Å². The molecule has 0 aromatic carbocycles. The minimum absolute atomic E-state index is 0.0786. The minimum Gasteiger partial charge on any atom is -0.353 e. The number of carbonyl (C=O) groups is 1. The van der Waals surface area contributed by atoms with Crippen LogP contribution in [0.1, 0.15) is 26.2 Å². The molecule has 1 aromatic rings. The summed E-state index contributed by atoms with van der Waals surface area (Å²) in [6, 6.07) is 3.96. The van der Waals surface area contributed by atoms with Crippen molar-refractivity contribution in [3.8, 4) is 0 Å². The van der Waals surface area contributed by atoms with Crippen LogP contribution in [0.3, 0.4) is 0 Å². The molecule has 1 atom stereocenters. The predicted octanol–water partition coefficient (Wildman–Crippen LogP) is 1.43. The van der Waals surface area contributed by atoms with Gasteiger partial charge in [-0.25, -0.2) is 4.79 Å². The number of urea groups is 1. The van der Waals surface area contributed by atoms with E-state index in [4.69, 9.17) is 0 Å². The number of hydrogen-bond donors (Lipinski definition) is 1. The van der Waals surface area contributed by atoms with Crippen LogP contribution < -0.4 is 10.2 Å². The van der Waals surface area contributed by atoms with Gasteiger partial charge in [-0.15, -0.1) is 5.10 Å². The van der Waals surface area contributed by atoms with Crippen molar-refractivity contribution >= 4 is 11.8 Å². The van der Waals surface area contributed by atoms with Crippen molar-refractivity contribution in [3.63, 3.8) is 0 Å². The molecule has 0 radical (unpaired) electrons. The maximum Gasteiger partial charge on any atom is 0.317 e. The van der Waals surface area contributed by atoms with E-state index in [0.717, 1.165) is 51.5 Å². The highest BCUT2D eigenvalue weighted by atomic mass is 16.2. The zero-order valence-electron chi connectivity index (χ0n) is 15.2. The fourth-order valence-electron chi connectivity index (χ4n) is 3.75. The summed E-state index contributed by atoms with van der Waals surface area (Å²) in [5.74, 6) is 1.49. The van der Waals surface area contributed by atoms with Gasteiger partial charge in [0, 0.05) is 45.5 Å². The Morgan fingerprint density at radius 2 is 2.20 bits per heavy atom. The zero-order chi connectivity index (χ0) is 17.5. The Kier molecular flexibility index (Phi) is 6.44. The van der Waals surface area contributed by atoms with Crippen molar-refractivity contribution in [2.24, 2.45) is 5.92 Å². The first-order chi connectivity index (χ1) is 12.3. The van der Waals surface area contributed by atoms with Crippen LogP contribution in [0.15, 0.2) is 18.3 Å². The van der Waals surface area contributed by atoms with Crippen LogP contribution in [0.5, 0.6) is 0 Å². The Bertz CT molecular complexity index is 540. The normalized spacial score (nSPS) is 22.0. The number of rotatable bonds is 5. The highest BCUT2D eigenvalue weighted by molar-refractivity contribution is 5.74. The van der Waals surface area contributed by atoms with Gasteiger partial charge in [-0.2, -0.15) is 5.10 Å². The van der Waals surface area contributed by atoms with Gasteiger partial charge in [0.15, 0.2) is 5.82 Å².